The maximum Gasteiger partial charge on any atom is 0.336 e. The lowest BCUT2D eigenvalue weighted by molar-refractivity contribution is -0.0816. The van der Waals surface area contributed by atoms with E-state index >= 15 is 0 Å². The van der Waals surface area contributed by atoms with E-state index in [1.807, 2.05) is 16.8 Å². The molecule has 1 aliphatic heterocycles. The number of anilines is 2. The van der Waals surface area contributed by atoms with Gasteiger partial charge in [-0.3, -0.25) is 4.68 Å². The number of fused-ring (bicyclic) bond motifs is 3. The molecule has 166 valence electrons. The van der Waals surface area contributed by atoms with Gasteiger partial charge in [0.15, 0.2) is 12.0 Å². The highest BCUT2D eigenvalue weighted by Crippen LogP contribution is 2.38. The molecular weight excluding hydrogens is 445 g/mol. The average molecular weight is 463 g/mol. The van der Waals surface area contributed by atoms with Crippen LogP contribution in [0.15, 0.2) is 36.8 Å². The maximum absolute atomic E-state index is 14.3. The van der Waals surface area contributed by atoms with Gasteiger partial charge in [0.05, 0.1) is 16.9 Å². The fourth-order valence-electron chi connectivity index (χ4n) is 3.72. The first kappa shape index (κ1) is 20.6. The Morgan fingerprint density at radius 3 is 2.75 bits per heavy atom. The molecule has 1 atom stereocenters. The lowest BCUT2D eigenvalue weighted by Crippen LogP contribution is -2.30. The van der Waals surface area contributed by atoms with Crippen LogP contribution in [0.3, 0.4) is 0 Å². The third-order valence-corrected chi connectivity index (χ3v) is 5.78. The molecule has 5 heterocycles. The van der Waals surface area contributed by atoms with E-state index < -0.39 is 17.9 Å². The second-order valence-corrected chi connectivity index (χ2v) is 7.97. The highest BCUT2D eigenvalue weighted by atomic mass is 35.5. The van der Waals surface area contributed by atoms with Crippen molar-refractivity contribution < 1.29 is 13.2 Å². The van der Waals surface area contributed by atoms with Gasteiger partial charge in [-0.05, 0) is 19.1 Å². The zero-order valence-corrected chi connectivity index (χ0v) is 17.9. The second-order valence-electron chi connectivity index (χ2n) is 7.56. The van der Waals surface area contributed by atoms with Crippen molar-refractivity contribution in [2.75, 3.05) is 5.32 Å². The van der Waals surface area contributed by atoms with E-state index in [0.717, 1.165) is 18.3 Å². The minimum Gasteiger partial charge on any atom is -0.342 e. The summed E-state index contributed by atoms with van der Waals surface area (Å²) in [6, 6.07) is 5.41. The summed E-state index contributed by atoms with van der Waals surface area (Å²) in [4.78, 5) is 4.31. The van der Waals surface area contributed by atoms with Gasteiger partial charge in [0.25, 0.3) is 0 Å². The third kappa shape index (κ3) is 3.24. The Balaban J connectivity index is 1.53. The first-order chi connectivity index (χ1) is 15.3. The Bertz CT molecular complexity index is 1310. The van der Waals surface area contributed by atoms with Crippen LogP contribution in [-0.4, -0.2) is 40.3 Å². The normalized spacial score (nSPS) is 14.2. The molecule has 0 aliphatic carbocycles. The van der Waals surface area contributed by atoms with Gasteiger partial charge in [0.1, 0.15) is 11.6 Å². The van der Waals surface area contributed by atoms with Crippen molar-refractivity contribution in [3.05, 3.63) is 47.6 Å². The molecule has 0 radical (unpaired) electrons. The minimum absolute atomic E-state index is 0.207. The predicted molar refractivity (Wildman–Crippen MR) is 113 cm³/mol. The van der Waals surface area contributed by atoms with Crippen molar-refractivity contribution in [2.24, 2.45) is 7.05 Å². The summed E-state index contributed by atoms with van der Waals surface area (Å²) >= 11 is 6.42. The number of nitrogens with one attached hydrogen (secondary N) is 1. The van der Waals surface area contributed by atoms with Gasteiger partial charge in [-0.25, -0.2) is 9.37 Å². The van der Waals surface area contributed by atoms with Crippen LogP contribution < -0.4 is 5.32 Å². The molecule has 0 spiro atoms. The van der Waals surface area contributed by atoms with E-state index in [2.05, 4.69) is 25.6 Å². The number of rotatable bonds is 5. The summed E-state index contributed by atoms with van der Waals surface area (Å²) < 4.78 is 46.9. The molecule has 8 nitrogen and oxygen atoms in total. The monoisotopic (exact) mass is 462 g/mol. The summed E-state index contributed by atoms with van der Waals surface area (Å²) in [5, 5.41) is 15.3. The van der Waals surface area contributed by atoms with Crippen molar-refractivity contribution in [1.29, 1.82) is 0 Å². The zero-order chi connectivity index (χ0) is 22.6. The fraction of sp³-hybridized carbons (Fsp3) is 0.300. The number of alkyl halides is 3. The summed E-state index contributed by atoms with van der Waals surface area (Å²) in [5.41, 5.74) is 2.08. The molecule has 32 heavy (non-hydrogen) atoms. The van der Waals surface area contributed by atoms with Gasteiger partial charge >= 0.3 is 5.92 Å². The number of aromatic nitrogens is 7. The van der Waals surface area contributed by atoms with E-state index in [1.165, 1.54) is 10.8 Å². The number of aryl methyl sites for hydroxylation is 2. The van der Waals surface area contributed by atoms with Crippen LogP contribution >= 0.6 is 11.6 Å². The van der Waals surface area contributed by atoms with E-state index in [0.29, 0.717) is 28.6 Å². The molecule has 12 heteroatoms. The largest absolute Gasteiger partial charge is 0.342 e. The van der Waals surface area contributed by atoms with Crippen molar-refractivity contribution in [2.45, 2.75) is 32.1 Å². The van der Waals surface area contributed by atoms with Gasteiger partial charge in [0.2, 0.25) is 5.82 Å². The Morgan fingerprint density at radius 2 is 2.03 bits per heavy atom. The molecule has 1 N–H and O–H groups in total. The van der Waals surface area contributed by atoms with E-state index in [4.69, 9.17) is 11.6 Å². The molecular formula is C20H18ClF3N8. The smallest absolute Gasteiger partial charge is 0.336 e. The highest BCUT2D eigenvalue weighted by Gasteiger charge is 2.45. The summed E-state index contributed by atoms with van der Waals surface area (Å²) in [7, 11) is 1.80. The first-order valence-electron chi connectivity index (χ1n) is 9.82. The maximum atomic E-state index is 14.3. The van der Waals surface area contributed by atoms with E-state index in [9.17, 15) is 13.2 Å². The predicted octanol–water partition coefficient (Wildman–Crippen LogP) is 4.40. The molecule has 1 unspecified atom stereocenters. The van der Waals surface area contributed by atoms with Crippen LogP contribution in [0.25, 0.3) is 22.6 Å². The molecule has 1 aliphatic rings. The summed E-state index contributed by atoms with van der Waals surface area (Å²) in [6.07, 6.45) is 2.70. The van der Waals surface area contributed by atoms with Gasteiger partial charge < -0.3 is 14.5 Å². The standard InChI is InChI=1S/C20H18ClF3N8/c1-11(22)20(23,24)19-29-28-18-15-7-12(10-31(15)5-6-32(18)19)13-8-16(25-9-14(13)21)27-17-3-4-26-30(17)2/h3-4,7-11H,5-6H2,1-2H3,(H,25,27). The van der Waals surface area contributed by atoms with Crippen LogP contribution in [0.4, 0.5) is 24.8 Å². The van der Waals surface area contributed by atoms with Crippen molar-refractivity contribution in [3.8, 4) is 22.6 Å². The molecule has 4 aromatic rings. The number of nitrogens with zero attached hydrogens (tertiary/aromatic N) is 7. The number of halogens is 4. The molecule has 0 aromatic carbocycles. The summed E-state index contributed by atoms with van der Waals surface area (Å²) in [5.74, 6) is -2.80. The lowest BCUT2D eigenvalue weighted by Gasteiger charge is -2.22. The quantitative estimate of drug-likeness (QED) is 0.475. The SMILES string of the molecule is CC(F)C(F)(F)c1nnc2n1CCn1cc(-c3cc(Nc4ccnn4C)ncc3Cl)cc1-2. The Morgan fingerprint density at radius 1 is 1.22 bits per heavy atom. The van der Waals surface area contributed by atoms with Gasteiger partial charge in [-0.1, -0.05) is 11.6 Å². The number of hydrogen-bond donors (Lipinski definition) is 1. The Hall–Kier alpha value is -3.34. The van der Waals surface area contributed by atoms with Crippen LogP contribution in [0.5, 0.6) is 0 Å². The van der Waals surface area contributed by atoms with E-state index in [-0.39, 0.29) is 12.4 Å². The molecule has 0 bridgehead atoms. The fourth-order valence-corrected chi connectivity index (χ4v) is 3.94. The topological polar surface area (TPSA) is 78.4 Å². The van der Waals surface area contributed by atoms with Crippen LogP contribution in [-0.2, 0) is 26.1 Å². The lowest BCUT2D eigenvalue weighted by atomic mass is 10.1. The van der Waals surface area contributed by atoms with E-state index in [1.54, 1.807) is 30.1 Å². The zero-order valence-electron chi connectivity index (χ0n) is 17.1. The molecule has 0 saturated carbocycles. The third-order valence-electron chi connectivity index (χ3n) is 5.48. The van der Waals surface area contributed by atoms with Crippen LogP contribution in [0.2, 0.25) is 5.02 Å². The van der Waals surface area contributed by atoms with Crippen LogP contribution in [0, 0.1) is 0 Å². The molecule has 5 rings (SSSR count). The highest BCUT2D eigenvalue weighted by molar-refractivity contribution is 6.33. The summed E-state index contributed by atoms with van der Waals surface area (Å²) in [6.45, 7) is 1.43. The Kier molecular flexibility index (Phi) is 4.73. The molecule has 0 amide bonds. The number of pyridine rings is 1. The molecule has 4 aromatic heterocycles. The van der Waals surface area contributed by atoms with Gasteiger partial charge in [-0.2, -0.15) is 13.9 Å². The van der Waals surface area contributed by atoms with Crippen molar-refractivity contribution in [1.82, 2.24) is 34.1 Å². The molecule has 0 fully saturated rings. The minimum atomic E-state index is -3.72. The van der Waals surface area contributed by atoms with Crippen molar-refractivity contribution >= 4 is 23.2 Å². The number of hydrogen-bond acceptors (Lipinski definition) is 5. The van der Waals surface area contributed by atoms with Crippen molar-refractivity contribution in [3.63, 3.8) is 0 Å². The van der Waals surface area contributed by atoms with Gasteiger partial charge in [0, 0.05) is 49.7 Å². The average Bonchev–Trinajstić information content (AvgIpc) is 3.47. The Labute approximate surface area is 185 Å². The first-order valence-corrected chi connectivity index (χ1v) is 10.2. The second kappa shape index (κ2) is 7.37. The van der Waals surface area contributed by atoms with Crippen LogP contribution in [0.1, 0.15) is 12.7 Å². The molecule has 0 saturated heterocycles. The van der Waals surface area contributed by atoms with Gasteiger partial charge in [-0.15, -0.1) is 10.2 Å².